The number of aryl methyl sites for hydroxylation is 1. The number of hydrogen-bond acceptors (Lipinski definition) is 5. The van der Waals surface area contributed by atoms with Gasteiger partial charge >= 0.3 is 5.97 Å². The smallest absolute Gasteiger partial charge is 0.307 e. The van der Waals surface area contributed by atoms with Crippen LogP contribution in [0.3, 0.4) is 0 Å². The molecule has 0 saturated carbocycles. The van der Waals surface area contributed by atoms with Crippen molar-refractivity contribution in [2.45, 2.75) is 13.3 Å². The van der Waals surface area contributed by atoms with Crippen molar-refractivity contribution in [1.82, 2.24) is 4.98 Å². The zero-order valence-electron chi connectivity index (χ0n) is 11.5. The Hall–Kier alpha value is -1.14. The molecule has 0 spiro atoms. The lowest BCUT2D eigenvalue weighted by molar-refractivity contribution is -0.140. The largest absolute Gasteiger partial charge is 0.469 e. The fourth-order valence-electron chi connectivity index (χ4n) is 1.60. The second-order valence-electron chi connectivity index (χ2n) is 4.07. The van der Waals surface area contributed by atoms with Gasteiger partial charge in [-0.2, -0.15) is 0 Å². The van der Waals surface area contributed by atoms with Crippen LogP contribution in [-0.2, 0) is 14.3 Å². The Morgan fingerprint density at radius 2 is 2.16 bits per heavy atom. The number of nitrogens with zero attached hydrogens (tertiary/aromatic N) is 2. The minimum Gasteiger partial charge on any atom is -0.469 e. The average Bonchev–Trinajstić information content (AvgIpc) is 2.42. The van der Waals surface area contributed by atoms with Gasteiger partial charge in [-0.05, 0) is 34.5 Å². The lowest BCUT2D eigenvalue weighted by Gasteiger charge is -2.24. The molecule has 1 heterocycles. The fourth-order valence-corrected chi connectivity index (χ4v) is 2.09. The van der Waals surface area contributed by atoms with Crippen LogP contribution < -0.4 is 4.90 Å². The number of aromatic nitrogens is 1. The summed E-state index contributed by atoms with van der Waals surface area (Å²) in [7, 11) is 3.04. The first-order valence-electron chi connectivity index (χ1n) is 6.02. The quantitative estimate of drug-likeness (QED) is 0.717. The third-order valence-corrected chi connectivity index (χ3v) is 3.72. The van der Waals surface area contributed by atoms with Gasteiger partial charge in [0.1, 0.15) is 5.82 Å². The number of pyridine rings is 1. The predicted molar refractivity (Wildman–Crippen MR) is 77.4 cm³/mol. The minimum atomic E-state index is -0.230. The van der Waals surface area contributed by atoms with Crippen LogP contribution in [0.1, 0.15) is 12.0 Å². The van der Waals surface area contributed by atoms with E-state index in [9.17, 15) is 4.79 Å². The van der Waals surface area contributed by atoms with Gasteiger partial charge in [0.15, 0.2) is 0 Å². The number of carbonyl (C=O) groups is 1. The fraction of sp³-hybridized carbons (Fsp3) is 0.538. The summed E-state index contributed by atoms with van der Waals surface area (Å²) < 4.78 is 10.7. The van der Waals surface area contributed by atoms with Gasteiger partial charge in [-0.15, -0.1) is 0 Å². The van der Waals surface area contributed by atoms with Gasteiger partial charge in [-0.1, -0.05) is 0 Å². The molecule has 0 bridgehead atoms. The molecule has 6 heteroatoms. The standard InChI is InChI=1S/C13H19BrN2O3/c1-10-4-6-15-13(12(10)14)16(8-9-18-2)7-5-11(17)19-3/h4,6H,5,7-9H2,1-3H3. The molecule has 0 unspecified atom stereocenters. The molecule has 0 aliphatic carbocycles. The van der Waals surface area contributed by atoms with E-state index in [0.717, 1.165) is 15.9 Å². The molecule has 0 saturated heterocycles. The summed E-state index contributed by atoms with van der Waals surface area (Å²) in [4.78, 5) is 17.6. The maximum atomic E-state index is 11.3. The van der Waals surface area contributed by atoms with Crippen LogP contribution in [-0.4, -0.2) is 44.9 Å². The lowest BCUT2D eigenvalue weighted by atomic mass is 10.2. The van der Waals surface area contributed by atoms with Crippen LogP contribution in [0, 0.1) is 6.92 Å². The van der Waals surface area contributed by atoms with Gasteiger partial charge in [0, 0.05) is 26.4 Å². The maximum absolute atomic E-state index is 11.3. The molecule has 106 valence electrons. The molecule has 0 fully saturated rings. The Morgan fingerprint density at radius 3 is 2.79 bits per heavy atom. The Kier molecular flexibility index (Phi) is 6.80. The molecular weight excluding hydrogens is 312 g/mol. The molecule has 1 aromatic heterocycles. The van der Waals surface area contributed by atoms with E-state index < -0.39 is 0 Å². The summed E-state index contributed by atoms with van der Waals surface area (Å²) in [5.41, 5.74) is 1.10. The van der Waals surface area contributed by atoms with Gasteiger partial charge in [0.2, 0.25) is 0 Å². The van der Waals surface area contributed by atoms with E-state index in [-0.39, 0.29) is 5.97 Å². The molecule has 1 aromatic rings. The molecule has 19 heavy (non-hydrogen) atoms. The first kappa shape index (κ1) is 15.9. The molecule has 0 radical (unpaired) electrons. The minimum absolute atomic E-state index is 0.230. The van der Waals surface area contributed by atoms with Crippen molar-refractivity contribution in [3.63, 3.8) is 0 Å². The Morgan fingerprint density at radius 1 is 1.42 bits per heavy atom. The van der Waals surface area contributed by atoms with E-state index in [1.54, 1.807) is 13.3 Å². The lowest BCUT2D eigenvalue weighted by Crippen LogP contribution is -2.31. The van der Waals surface area contributed by atoms with E-state index in [2.05, 4.69) is 25.7 Å². The number of halogens is 1. The molecule has 1 rings (SSSR count). The van der Waals surface area contributed by atoms with Crippen LogP contribution in [0.5, 0.6) is 0 Å². The first-order valence-corrected chi connectivity index (χ1v) is 6.81. The van der Waals surface area contributed by atoms with Gasteiger partial charge in [0.05, 0.1) is 24.6 Å². The summed E-state index contributed by atoms with van der Waals surface area (Å²) in [5.74, 6) is 0.590. The number of rotatable bonds is 7. The molecular formula is C13H19BrN2O3. The number of hydrogen-bond donors (Lipinski definition) is 0. The number of anilines is 1. The molecule has 5 nitrogen and oxygen atoms in total. The highest BCUT2D eigenvalue weighted by Gasteiger charge is 2.14. The molecule has 0 N–H and O–H groups in total. The number of carbonyl (C=O) groups excluding carboxylic acids is 1. The van der Waals surface area contributed by atoms with Crippen molar-refractivity contribution in [3.05, 3.63) is 22.3 Å². The summed E-state index contributed by atoms with van der Waals surface area (Å²) in [6.45, 7) is 3.79. The second kappa shape index (κ2) is 8.12. The van der Waals surface area contributed by atoms with Crippen LogP contribution in [0.15, 0.2) is 16.7 Å². The van der Waals surface area contributed by atoms with Crippen LogP contribution in [0.25, 0.3) is 0 Å². The van der Waals surface area contributed by atoms with Crippen LogP contribution in [0.2, 0.25) is 0 Å². The SMILES string of the molecule is COCCN(CCC(=O)OC)c1nccc(C)c1Br. The van der Waals surface area contributed by atoms with Crippen LogP contribution >= 0.6 is 15.9 Å². The topological polar surface area (TPSA) is 51.7 Å². The van der Waals surface area contributed by atoms with Gasteiger partial charge in [-0.25, -0.2) is 4.98 Å². The van der Waals surface area contributed by atoms with Crippen molar-refractivity contribution >= 4 is 27.7 Å². The molecule has 0 aliphatic rings. The van der Waals surface area contributed by atoms with Crippen molar-refractivity contribution in [1.29, 1.82) is 0 Å². The first-order chi connectivity index (χ1) is 9.10. The summed E-state index contributed by atoms with van der Waals surface area (Å²) in [6, 6.07) is 1.93. The molecule has 0 amide bonds. The van der Waals surface area contributed by atoms with E-state index in [1.165, 1.54) is 7.11 Å². The zero-order valence-corrected chi connectivity index (χ0v) is 13.1. The number of methoxy groups -OCH3 is 2. The van der Waals surface area contributed by atoms with E-state index in [0.29, 0.717) is 26.1 Å². The molecule has 0 aromatic carbocycles. The zero-order chi connectivity index (χ0) is 14.3. The maximum Gasteiger partial charge on any atom is 0.307 e. The summed E-state index contributed by atoms with van der Waals surface area (Å²) >= 11 is 3.54. The highest BCUT2D eigenvalue weighted by atomic mass is 79.9. The van der Waals surface area contributed by atoms with Gasteiger partial charge < -0.3 is 14.4 Å². The van der Waals surface area contributed by atoms with Crippen molar-refractivity contribution < 1.29 is 14.3 Å². The van der Waals surface area contributed by atoms with Gasteiger partial charge in [-0.3, -0.25) is 4.79 Å². The number of ether oxygens (including phenoxy) is 2. The Labute approximate surface area is 122 Å². The second-order valence-corrected chi connectivity index (χ2v) is 4.86. The van der Waals surface area contributed by atoms with Crippen LogP contribution in [0.4, 0.5) is 5.82 Å². The highest BCUT2D eigenvalue weighted by molar-refractivity contribution is 9.10. The molecule has 0 aliphatic heterocycles. The van der Waals surface area contributed by atoms with E-state index in [1.807, 2.05) is 17.9 Å². The third kappa shape index (κ3) is 4.80. The number of esters is 1. The normalized spacial score (nSPS) is 10.3. The third-order valence-electron chi connectivity index (χ3n) is 2.74. The predicted octanol–water partition coefficient (Wildman–Crippen LogP) is 2.17. The van der Waals surface area contributed by atoms with Crippen molar-refractivity contribution in [2.24, 2.45) is 0 Å². The summed E-state index contributed by atoms with van der Waals surface area (Å²) in [5, 5.41) is 0. The monoisotopic (exact) mass is 330 g/mol. The molecule has 0 atom stereocenters. The van der Waals surface area contributed by atoms with Gasteiger partial charge in [0.25, 0.3) is 0 Å². The average molecular weight is 331 g/mol. The van der Waals surface area contributed by atoms with E-state index in [4.69, 9.17) is 4.74 Å². The highest BCUT2D eigenvalue weighted by Crippen LogP contribution is 2.26. The Balaban J connectivity index is 2.83. The Bertz CT molecular complexity index is 426. The summed E-state index contributed by atoms with van der Waals surface area (Å²) in [6.07, 6.45) is 2.08. The van der Waals surface area contributed by atoms with E-state index >= 15 is 0 Å². The van der Waals surface area contributed by atoms with Crippen molar-refractivity contribution in [3.8, 4) is 0 Å². The van der Waals surface area contributed by atoms with Crippen molar-refractivity contribution in [2.75, 3.05) is 38.8 Å².